The van der Waals surface area contributed by atoms with E-state index >= 15 is 0 Å². The third-order valence-corrected chi connectivity index (χ3v) is 2.78. The zero-order valence-corrected chi connectivity index (χ0v) is 11.8. The third kappa shape index (κ3) is 4.75. The Morgan fingerprint density at radius 1 is 1.45 bits per heavy atom. The van der Waals surface area contributed by atoms with Gasteiger partial charge in [-0.15, -0.1) is 0 Å². The van der Waals surface area contributed by atoms with Crippen molar-refractivity contribution in [1.82, 2.24) is 4.90 Å². The smallest absolute Gasteiger partial charge is 0.267 e. The Labute approximate surface area is 119 Å². The minimum absolute atomic E-state index is 0.0147. The zero-order chi connectivity index (χ0) is 15.0. The van der Waals surface area contributed by atoms with Gasteiger partial charge in [0.25, 0.3) is 5.91 Å². The first kappa shape index (κ1) is 15.7. The third-order valence-electron chi connectivity index (χ3n) is 2.78. The second-order valence-corrected chi connectivity index (χ2v) is 4.33. The first-order chi connectivity index (χ1) is 9.60. The van der Waals surface area contributed by atoms with Crippen LogP contribution in [-0.2, 0) is 4.79 Å². The minimum atomic E-state index is -0.451. The van der Waals surface area contributed by atoms with Gasteiger partial charge in [-0.2, -0.15) is 5.26 Å². The van der Waals surface area contributed by atoms with Gasteiger partial charge in [-0.1, -0.05) is 17.7 Å². The maximum absolute atomic E-state index is 12.0. The highest BCUT2D eigenvalue weighted by molar-refractivity contribution is 6.06. The Hall–Kier alpha value is -2.32. The second-order valence-electron chi connectivity index (χ2n) is 4.33. The lowest BCUT2D eigenvalue weighted by atomic mass is 10.2. The summed E-state index contributed by atoms with van der Waals surface area (Å²) in [6.45, 7) is 4.82. The first-order valence-corrected chi connectivity index (χ1v) is 6.45. The summed E-state index contributed by atoms with van der Waals surface area (Å²) in [5, 5.41) is 20.6. The van der Waals surface area contributed by atoms with Gasteiger partial charge >= 0.3 is 0 Å². The Morgan fingerprint density at radius 2 is 2.10 bits per heavy atom. The molecule has 0 aliphatic heterocycles. The number of carbonyl (C=O) groups is 1. The highest BCUT2D eigenvalue weighted by Gasteiger charge is 2.10. The molecule has 0 saturated heterocycles. The summed E-state index contributed by atoms with van der Waals surface area (Å²) in [5.41, 5.74) is 1.76. The average Bonchev–Trinajstić information content (AvgIpc) is 2.45. The summed E-state index contributed by atoms with van der Waals surface area (Å²) in [6.07, 6.45) is 1.47. The van der Waals surface area contributed by atoms with Gasteiger partial charge in [0.1, 0.15) is 11.6 Å². The normalized spacial score (nSPS) is 10.8. The van der Waals surface area contributed by atoms with E-state index in [1.165, 1.54) is 6.20 Å². The number of nitrogens with zero attached hydrogens (tertiary/aromatic N) is 2. The number of hydrogen-bond acceptors (Lipinski definition) is 4. The summed E-state index contributed by atoms with van der Waals surface area (Å²) >= 11 is 0. The molecule has 5 nitrogen and oxygen atoms in total. The molecule has 0 saturated carbocycles. The number of nitriles is 1. The molecule has 0 spiro atoms. The molecular weight excluding hydrogens is 254 g/mol. The standard InChI is InChI=1S/C15H19N3O2/c1-3-18(8-9-19)11-13(10-16)15(20)17-14-6-4-12(2)5-7-14/h4-7,11,19H,3,8-9H2,1-2H3,(H,17,20)/b13-11-. The SMILES string of the molecule is CCN(/C=C(/C#N)C(=O)Nc1ccc(C)cc1)CCO. The molecule has 0 radical (unpaired) electrons. The Kier molecular flexibility index (Phi) is 6.27. The number of benzene rings is 1. The summed E-state index contributed by atoms with van der Waals surface area (Å²) in [6, 6.07) is 9.22. The average molecular weight is 273 g/mol. The number of likely N-dealkylation sites (N-methyl/N-ethyl adjacent to an activating group) is 1. The molecule has 1 aromatic rings. The Morgan fingerprint density at radius 3 is 2.60 bits per heavy atom. The summed E-state index contributed by atoms with van der Waals surface area (Å²) in [5.74, 6) is -0.451. The van der Waals surface area contributed by atoms with E-state index in [2.05, 4.69) is 5.32 Å². The van der Waals surface area contributed by atoms with Gasteiger partial charge in [0.05, 0.1) is 6.61 Å². The van der Waals surface area contributed by atoms with Crippen molar-refractivity contribution in [2.24, 2.45) is 0 Å². The molecule has 20 heavy (non-hydrogen) atoms. The number of hydrogen-bond donors (Lipinski definition) is 2. The van der Waals surface area contributed by atoms with Crippen LogP contribution in [-0.4, -0.2) is 35.6 Å². The molecule has 1 aromatic carbocycles. The van der Waals surface area contributed by atoms with Crippen LogP contribution in [0.4, 0.5) is 5.69 Å². The van der Waals surface area contributed by atoms with Gasteiger partial charge in [-0.05, 0) is 26.0 Å². The topological polar surface area (TPSA) is 76.4 Å². The Bertz CT molecular complexity index is 515. The van der Waals surface area contributed by atoms with Crippen molar-refractivity contribution in [2.45, 2.75) is 13.8 Å². The van der Waals surface area contributed by atoms with Crippen LogP contribution in [0, 0.1) is 18.3 Å². The lowest BCUT2D eigenvalue weighted by molar-refractivity contribution is -0.112. The number of nitrogens with one attached hydrogen (secondary N) is 1. The fourth-order valence-electron chi connectivity index (χ4n) is 1.60. The zero-order valence-electron chi connectivity index (χ0n) is 11.8. The largest absolute Gasteiger partial charge is 0.395 e. The molecule has 0 aromatic heterocycles. The predicted molar refractivity (Wildman–Crippen MR) is 77.8 cm³/mol. The van der Waals surface area contributed by atoms with E-state index in [1.54, 1.807) is 17.0 Å². The monoisotopic (exact) mass is 273 g/mol. The molecule has 1 amide bonds. The van der Waals surface area contributed by atoms with Crippen molar-refractivity contribution < 1.29 is 9.90 Å². The molecule has 0 aliphatic rings. The van der Waals surface area contributed by atoms with E-state index in [1.807, 2.05) is 32.0 Å². The molecule has 0 fully saturated rings. The quantitative estimate of drug-likeness (QED) is 0.610. The van der Waals surface area contributed by atoms with Crippen LogP contribution in [0.2, 0.25) is 0 Å². The van der Waals surface area contributed by atoms with E-state index in [4.69, 9.17) is 10.4 Å². The summed E-state index contributed by atoms with van der Waals surface area (Å²) < 4.78 is 0. The van der Waals surface area contributed by atoms with Crippen LogP contribution in [0.15, 0.2) is 36.0 Å². The number of anilines is 1. The molecule has 106 valence electrons. The van der Waals surface area contributed by atoms with Gasteiger partial charge in [-0.25, -0.2) is 0 Å². The van der Waals surface area contributed by atoms with Crippen molar-refractivity contribution in [3.05, 3.63) is 41.6 Å². The van der Waals surface area contributed by atoms with Crippen molar-refractivity contribution in [2.75, 3.05) is 25.0 Å². The molecule has 0 aliphatic carbocycles. The number of aliphatic hydroxyl groups is 1. The van der Waals surface area contributed by atoms with E-state index < -0.39 is 5.91 Å². The minimum Gasteiger partial charge on any atom is -0.395 e. The van der Waals surface area contributed by atoms with Crippen molar-refractivity contribution in [3.8, 4) is 6.07 Å². The van der Waals surface area contributed by atoms with Crippen LogP contribution in [0.1, 0.15) is 12.5 Å². The van der Waals surface area contributed by atoms with E-state index in [0.29, 0.717) is 18.8 Å². The van der Waals surface area contributed by atoms with Crippen LogP contribution in [0.25, 0.3) is 0 Å². The molecular formula is C15H19N3O2. The van der Waals surface area contributed by atoms with Gasteiger partial charge in [0.2, 0.25) is 0 Å². The van der Waals surface area contributed by atoms with Gasteiger partial charge in [0, 0.05) is 25.0 Å². The lowest BCUT2D eigenvalue weighted by Gasteiger charge is -2.17. The van der Waals surface area contributed by atoms with E-state index in [-0.39, 0.29) is 12.2 Å². The van der Waals surface area contributed by atoms with E-state index in [9.17, 15) is 4.79 Å². The lowest BCUT2D eigenvalue weighted by Crippen LogP contribution is -2.23. The summed E-state index contributed by atoms with van der Waals surface area (Å²) in [4.78, 5) is 13.7. The van der Waals surface area contributed by atoms with Crippen LogP contribution >= 0.6 is 0 Å². The summed E-state index contributed by atoms with van der Waals surface area (Å²) in [7, 11) is 0. The fourth-order valence-corrected chi connectivity index (χ4v) is 1.60. The van der Waals surface area contributed by atoms with Gasteiger partial charge in [-0.3, -0.25) is 4.79 Å². The first-order valence-electron chi connectivity index (χ1n) is 6.45. The van der Waals surface area contributed by atoms with Crippen LogP contribution in [0.3, 0.4) is 0 Å². The number of aliphatic hydroxyl groups excluding tert-OH is 1. The maximum atomic E-state index is 12.0. The fraction of sp³-hybridized carbons (Fsp3) is 0.333. The van der Waals surface area contributed by atoms with Gasteiger partial charge in [0.15, 0.2) is 0 Å². The number of carbonyl (C=O) groups excluding carboxylic acids is 1. The molecule has 1 rings (SSSR count). The van der Waals surface area contributed by atoms with Gasteiger partial charge < -0.3 is 15.3 Å². The van der Waals surface area contributed by atoms with Crippen LogP contribution < -0.4 is 5.32 Å². The molecule has 5 heteroatoms. The van der Waals surface area contributed by atoms with Crippen LogP contribution in [0.5, 0.6) is 0 Å². The van der Waals surface area contributed by atoms with Crippen molar-refractivity contribution >= 4 is 11.6 Å². The molecule has 0 bridgehead atoms. The van der Waals surface area contributed by atoms with Crippen molar-refractivity contribution in [1.29, 1.82) is 5.26 Å². The second kappa shape index (κ2) is 7.97. The highest BCUT2D eigenvalue weighted by atomic mass is 16.3. The van der Waals surface area contributed by atoms with E-state index in [0.717, 1.165) is 5.56 Å². The van der Waals surface area contributed by atoms with Crippen molar-refractivity contribution in [3.63, 3.8) is 0 Å². The molecule has 0 heterocycles. The predicted octanol–water partition coefficient (Wildman–Crippen LogP) is 1.66. The Balaban J connectivity index is 2.79. The number of amides is 1. The maximum Gasteiger partial charge on any atom is 0.267 e. The molecule has 0 atom stereocenters. The number of aryl methyl sites for hydroxylation is 1. The molecule has 2 N–H and O–H groups in total. The molecule has 0 unspecified atom stereocenters. The number of rotatable bonds is 6. The highest BCUT2D eigenvalue weighted by Crippen LogP contribution is 2.10.